The zero-order valence-electron chi connectivity index (χ0n) is 11.4. The summed E-state index contributed by atoms with van der Waals surface area (Å²) in [6, 6.07) is 6.91. The number of nitrogens with one attached hydrogen (secondary N) is 1. The number of rotatable bonds is 4. The van der Waals surface area contributed by atoms with Gasteiger partial charge >= 0.3 is 0 Å². The predicted octanol–water partition coefficient (Wildman–Crippen LogP) is -0.185. The number of sulfone groups is 1. The van der Waals surface area contributed by atoms with Crippen molar-refractivity contribution in [2.45, 2.75) is 6.54 Å². The van der Waals surface area contributed by atoms with E-state index in [0.29, 0.717) is 11.3 Å². The quantitative estimate of drug-likeness (QED) is 0.824. The number of amides is 1. The van der Waals surface area contributed by atoms with Crippen LogP contribution in [0.2, 0.25) is 0 Å². The Bertz CT molecular complexity index is 756. The van der Waals surface area contributed by atoms with Gasteiger partial charge in [0, 0.05) is 18.5 Å². The molecule has 116 valence electrons. The Morgan fingerprint density at radius 3 is 2.43 bits per heavy atom. The van der Waals surface area contributed by atoms with Gasteiger partial charge in [0.05, 0.1) is 18.1 Å². The second kappa shape index (κ2) is 5.74. The molecule has 1 aliphatic heterocycles. The minimum atomic E-state index is -3.82. The van der Waals surface area contributed by atoms with Gasteiger partial charge in [0.25, 0.3) is 0 Å². The minimum Gasteiger partial charge on any atom is -0.325 e. The van der Waals surface area contributed by atoms with Gasteiger partial charge in [-0.2, -0.15) is 4.31 Å². The number of benzene rings is 1. The number of nitrogens with zero attached hydrogens (tertiary/aromatic N) is 1. The fourth-order valence-electron chi connectivity index (χ4n) is 1.96. The molecule has 0 spiro atoms. The topological polar surface area (TPSA) is 101 Å². The van der Waals surface area contributed by atoms with Crippen LogP contribution in [0.5, 0.6) is 0 Å². The molecule has 9 heteroatoms. The molecule has 0 aromatic heterocycles. The van der Waals surface area contributed by atoms with E-state index in [-0.39, 0.29) is 13.1 Å². The van der Waals surface area contributed by atoms with Gasteiger partial charge in [0.2, 0.25) is 15.9 Å². The Balaban J connectivity index is 2.25. The number of fused-ring (bicyclic) bond motifs is 1. The summed E-state index contributed by atoms with van der Waals surface area (Å²) in [6.45, 7) is -0.276. The molecule has 1 amide bonds. The summed E-state index contributed by atoms with van der Waals surface area (Å²) in [5.74, 6) is -1.43. The van der Waals surface area contributed by atoms with Crippen LogP contribution in [0.4, 0.5) is 5.69 Å². The highest BCUT2D eigenvalue weighted by Crippen LogP contribution is 2.22. The van der Waals surface area contributed by atoms with Crippen molar-refractivity contribution in [3.63, 3.8) is 0 Å². The van der Waals surface area contributed by atoms with Gasteiger partial charge in [0.15, 0.2) is 0 Å². The maximum atomic E-state index is 12.2. The molecular formula is C12H16N2O5S2. The first kappa shape index (κ1) is 15.9. The smallest absolute Gasteiger partial charge is 0.239 e. The summed E-state index contributed by atoms with van der Waals surface area (Å²) >= 11 is 0. The van der Waals surface area contributed by atoms with E-state index >= 15 is 0 Å². The number of para-hydroxylation sites is 1. The number of sulfonamides is 1. The van der Waals surface area contributed by atoms with E-state index in [1.54, 1.807) is 24.3 Å². The first-order chi connectivity index (χ1) is 9.67. The minimum absolute atomic E-state index is 0.0427. The number of hydrogen-bond acceptors (Lipinski definition) is 5. The highest BCUT2D eigenvalue weighted by atomic mass is 32.2. The molecule has 0 aliphatic carbocycles. The Kier molecular flexibility index (Phi) is 4.35. The lowest BCUT2D eigenvalue weighted by molar-refractivity contribution is -0.116. The van der Waals surface area contributed by atoms with E-state index in [9.17, 15) is 21.6 Å². The SMILES string of the molecule is CS(=O)(=O)CCS(=O)(=O)N1CC(=O)Nc2ccccc2C1. The molecule has 2 rings (SSSR count). The summed E-state index contributed by atoms with van der Waals surface area (Å²) in [5.41, 5.74) is 1.24. The summed E-state index contributed by atoms with van der Waals surface area (Å²) < 4.78 is 47.7. The molecule has 7 nitrogen and oxygen atoms in total. The van der Waals surface area contributed by atoms with Crippen LogP contribution < -0.4 is 5.32 Å². The first-order valence-corrected chi connectivity index (χ1v) is 9.88. The van der Waals surface area contributed by atoms with E-state index in [1.807, 2.05) is 0 Å². The lowest BCUT2D eigenvalue weighted by Crippen LogP contribution is -2.38. The predicted molar refractivity (Wildman–Crippen MR) is 79.0 cm³/mol. The second-order valence-corrected chi connectivity index (χ2v) is 9.27. The van der Waals surface area contributed by atoms with Crippen LogP contribution in [0.15, 0.2) is 24.3 Å². The number of anilines is 1. The molecule has 1 N–H and O–H groups in total. The van der Waals surface area contributed by atoms with Crippen LogP contribution in [0.25, 0.3) is 0 Å². The largest absolute Gasteiger partial charge is 0.325 e. The Morgan fingerprint density at radius 1 is 1.10 bits per heavy atom. The molecule has 0 atom stereocenters. The second-order valence-electron chi connectivity index (χ2n) is 4.92. The van der Waals surface area contributed by atoms with Crippen molar-refractivity contribution >= 4 is 31.5 Å². The van der Waals surface area contributed by atoms with Gasteiger partial charge in [-0.3, -0.25) is 4.79 Å². The van der Waals surface area contributed by atoms with Crippen molar-refractivity contribution in [2.75, 3.05) is 29.6 Å². The van der Waals surface area contributed by atoms with Gasteiger partial charge < -0.3 is 5.32 Å². The monoisotopic (exact) mass is 332 g/mol. The molecule has 1 heterocycles. The fourth-order valence-corrected chi connectivity index (χ4v) is 4.92. The zero-order chi connectivity index (χ0) is 15.7. The summed E-state index contributed by atoms with van der Waals surface area (Å²) in [6.07, 6.45) is 0.979. The van der Waals surface area contributed by atoms with Crippen LogP contribution in [-0.2, 0) is 31.2 Å². The van der Waals surface area contributed by atoms with Crippen molar-refractivity contribution in [3.8, 4) is 0 Å². The van der Waals surface area contributed by atoms with E-state index in [4.69, 9.17) is 0 Å². The standard InChI is InChI=1S/C12H16N2O5S2/c1-20(16,17)6-7-21(18,19)14-8-10-4-2-3-5-11(10)13-12(15)9-14/h2-5H,6-9H2,1H3,(H,13,15). The van der Waals surface area contributed by atoms with Gasteiger partial charge in [-0.05, 0) is 11.6 Å². The number of hydrogen-bond donors (Lipinski definition) is 1. The van der Waals surface area contributed by atoms with Crippen molar-refractivity contribution < 1.29 is 21.6 Å². The summed E-state index contributed by atoms with van der Waals surface area (Å²) in [4.78, 5) is 11.8. The molecule has 0 bridgehead atoms. The molecular weight excluding hydrogens is 316 g/mol. The van der Waals surface area contributed by atoms with Crippen molar-refractivity contribution in [2.24, 2.45) is 0 Å². The van der Waals surface area contributed by atoms with E-state index in [1.165, 1.54) is 0 Å². The van der Waals surface area contributed by atoms with E-state index in [0.717, 1.165) is 10.6 Å². The Morgan fingerprint density at radius 2 is 1.76 bits per heavy atom. The fraction of sp³-hybridized carbons (Fsp3) is 0.417. The van der Waals surface area contributed by atoms with Crippen molar-refractivity contribution in [1.82, 2.24) is 4.31 Å². The maximum Gasteiger partial charge on any atom is 0.239 e. The first-order valence-electron chi connectivity index (χ1n) is 6.21. The van der Waals surface area contributed by atoms with E-state index in [2.05, 4.69) is 5.32 Å². The molecule has 1 aliphatic rings. The molecule has 0 unspecified atom stereocenters. The maximum absolute atomic E-state index is 12.2. The molecule has 21 heavy (non-hydrogen) atoms. The molecule has 0 saturated carbocycles. The number of carbonyl (C=O) groups is 1. The lowest BCUT2D eigenvalue weighted by atomic mass is 10.2. The summed E-state index contributed by atoms with van der Waals surface area (Å²) in [7, 11) is -7.21. The third-order valence-electron chi connectivity index (χ3n) is 3.06. The highest BCUT2D eigenvalue weighted by Gasteiger charge is 2.29. The third kappa shape index (κ3) is 4.26. The normalized spacial score (nSPS) is 16.9. The van der Waals surface area contributed by atoms with Gasteiger partial charge in [-0.25, -0.2) is 16.8 Å². The van der Waals surface area contributed by atoms with Crippen LogP contribution in [0.3, 0.4) is 0 Å². The van der Waals surface area contributed by atoms with Gasteiger partial charge in [0.1, 0.15) is 9.84 Å². The van der Waals surface area contributed by atoms with Gasteiger partial charge in [-0.15, -0.1) is 0 Å². The van der Waals surface area contributed by atoms with Crippen molar-refractivity contribution in [3.05, 3.63) is 29.8 Å². The van der Waals surface area contributed by atoms with Crippen LogP contribution in [0, 0.1) is 0 Å². The average Bonchev–Trinajstić information content (AvgIpc) is 2.54. The Hall–Kier alpha value is -1.45. The average molecular weight is 332 g/mol. The summed E-state index contributed by atoms with van der Waals surface area (Å²) in [5, 5.41) is 2.63. The molecule has 0 radical (unpaired) electrons. The lowest BCUT2D eigenvalue weighted by Gasteiger charge is -2.18. The van der Waals surface area contributed by atoms with Gasteiger partial charge in [-0.1, -0.05) is 18.2 Å². The van der Waals surface area contributed by atoms with Crippen LogP contribution >= 0.6 is 0 Å². The van der Waals surface area contributed by atoms with Crippen molar-refractivity contribution in [1.29, 1.82) is 0 Å². The highest BCUT2D eigenvalue weighted by molar-refractivity contribution is 7.93. The molecule has 1 aromatic rings. The molecule has 0 fully saturated rings. The third-order valence-corrected chi connectivity index (χ3v) is 6.03. The molecule has 0 saturated heterocycles. The zero-order valence-corrected chi connectivity index (χ0v) is 13.1. The number of carbonyl (C=O) groups excluding carboxylic acids is 1. The Labute approximate surface area is 123 Å². The van der Waals surface area contributed by atoms with Crippen LogP contribution in [0.1, 0.15) is 5.56 Å². The van der Waals surface area contributed by atoms with Crippen LogP contribution in [-0.4, -0.2) is 51.4 Å². The van der Waals surface area contributed by atoms with E-state index < -0.39 is 37.3 Å². The molecule has 1 aromatic carbocycles.